The summed E-state index contributed by atoms with van der Waals surface area (Å²) in [5.74, 6) is 0.618. The molecule has 0 aromatic carbocycles. The quantitative estimate of drug-likeness (QED) is 0.822. The normalized spacial score (nSPS) is 16.8. The SMILES string of the molecule is N#Cc1ccnc(NC2CCNCC2)c1Cl. The molecular formula is C11H13ClN4. The van der Waals surface area contributed by atoms with Crippen LogP contribution in [-0.4, -0.2) is 24.1 Å². The van der Waals surface area contributed by atoms with Gasteiger partial charge in [0.05, 0.1) is 5.56 Å². The monoisotopic (exact) mass is 236 g/mol. The Labute approximate surface area is 99.6 Å². The standard InChI is InChI=1S/C11H13ClN4/c12-10-8(7-13)1-6-15-11(10)16-9-2-4-14-5-3-9/h1,6,9,14H,2-5H2,(H,15,16). The number of piperidine rings is 1. The van der Waals surface area contributed by atoms with Crippen molar-refractivity contribution in [3.8, 4) is 6.07 Å². The van der Waals surface area contributed by atoms with Gasteiger partial charge in [0.25, 0.3) is 0 Å². The summed E-state index contributed by atoms with van der Waals surface area (Å²) in [5.41, 5.74) is 0.466. The molecule has 0 bridgehead atoms. The van der Waals surface area contributed by atoms with Crippen molar-refractivity contribution in [2.75, 3.05) is 18.4 Å². The number of aromatic nitrogens is 1. The third-order valence-corrected chi connectivity index (χ3v) is 3.07. The van der Waals surface area contributed by atoms with Crippen LogP contribution in [0, 0.1) is 11.3 Å². The zero-order valence-corrected chi connectivity index (χ0v) is 9.59. The molecule has 1 saturated heterocycles. The summed E-state index contributed by atoms with van der Waals surface area (Å²) in [4.78, 5) is 4.17. The second-order valence-electron chi connectivity index (χ2n) is 3.80. The largest absolute Gasteiger partial charge is 0.366 e. The number of nitrogens with one attached hydrogen (secondary N) is 2. The van der Waals surface area contributed by atoms with E-state index in [1.165, 1.54) is 0 Å². The van der Waals surface area contributed by atoms with Crippen molar-refractivity contribution in [2.45, 2.75) is 18.9 Å². The second kappa shape index (κ2) is 5.15. The molecule has 4 nitrogen and oxygen atoms in total. The van der Waals surface area contributed by atoms with Gasteiger partial charge in [-0.1, -0.05) is 11.6 Å². The van der Waals surface area contributed by atoms with Crippen molar-refractivity contribution >= 4 is 17.4 Å². The fourth-order valence-electron chi connectivity index (χ4n) is 1.79. The highest BCUT2D eigenvalue weighted by molar-refractivity contribution is 6.34. The van der Waals surface area contributed by atoms with Crippen LogP contribution in [0.4, 0.5) is 5.82 Å². The molecule has 1 fully saturated rings. The van der Waals surface area contributed by atoms with Crippen molar-refractivity contribution < 1.29 is 0 Å². The first-order valence-electron chi connectivity index (χ1n) is 5.33. The lowest BCUT2D eigenvalue weighted by Gasteiger charge is -2.24. The minimum Gasteiger partial charge on any atom is -0.366 e. The van der Waals surface area contributed by atoms with Gasteiger partial charge in [0.2, 0.25) is 0 Å². The van der Waals surface area contributed by atoms with Gasteiger partial charge in [0.15, 0.2) is 0 Å². The topological polar surface area (TPSA) is 60.7 Å². The van der Waals surface area contributed by atoms with Gasteiger partial charge in [0.1, 0.15) is 16.9 Å². The number of pyridine rings is 1. The summed E-state index contributed by atoms with van der Waals surface area (Å²) in [5, 5.41) is 15.9. The third kappa shape index (κ3) is 2.43. The van der Waals surface area contributed by atoms with Crippen LogP contribution in [0.15, 0.2) is 12.3 Å². The van der Waals surface area contributed by atoms with E-state index in [0.29, 0.717) is 22.4 Å². The van der Waals surface area contributed by atoms with Crippen LogP contribution in [0.5, 0.6) is 0 Å². The zero-order chi connectivity index (χ0) is 11.4. The number of anilines is 1. The van der Waals surface area contributed by atoms with E-state index >= 15 is 0 Å². The maximum atomic E-state index is 8.85. The Morgan fingerprint density at radius 2 is 2.25 bits per heavy atom. The molecular weight excluding hydrogens is 224 g/mol. The smallest absolute Gasteiger partial charge is 0.146 e. The summed E-state index contributed by atoms with van der Waals surface area (Å²) in [6.45, 7) is 2.01. The molecule has 2 rings (SSSR count). The Kier molecular flexibility index (Phi) is 3.60. The second-order valence-corrected chi connectivity index (χ2v) is 4.18. The van der Waals surface area contributed by atoms with Crippen molar-refractivity contribution in [3.63, 3.8) is 0 Å². The average molecular weight is 237 g/mol. The molecule has 0 radical (unpaired) electrons. The number of halogens is 1. The van der Waals surface area contributed by atoms with E-state index in [9.17, 15) is 0 Å². The molecule has 16 heavy (non-hydrogen) atoms. The molecule has 0 amide bonds. The first-order valence-corrected chi connectivity index (χ1v) is 5.71. The van der Waals surface area contributed by atoms with E-state index in [-0.39, 0.29) is 0 Å². The Morgan fingerprint density at radius 3 is 2.94 bits per heavy atom. The van der Waals surface area contributed by atoms with E-state index in [4.69, 9.17) is 16.9 Å². The van der Waals surface area contributed by atoms with Gasteiger partial charge in [0, 0.05) is 12.2 Å². The van der Waals surface area contributed by atoms with E-state index < -0.39 is 0 Å². The van der Waals surface area contributed by atoms with E-state index in [1.807, 2.05) is 6.07 Å². The van der Waals surface area contributed by atoms with Gasteiger partial charge in [-0.05, 0) is 32.0 Å². The molecule has 0 spiro atoms. The third-order valence-electron chi connectivity index (χ3n) is 2.69. The molecule has 2 N–H and O–H groups in total. The molecule has 5 heteroatoms. The van der Waals surface area contributed by atoms with E-state index in [1.54, 1.807) is 12.3 Å². The fraction of sp³-hybridized carbons (Fsp3) is 0.455. The predicted molar refractivity (Wildman–Crippen MR) is 63.5 cm³/mol. The molecule has 1 aromatic heterocycles. The van der Waals surface area contributed by atoms with Gasteiger partial charge in [-0.15, -0.1) is 0 Å². The van der Waals surface area contributed by atoms with Gasteiger partial charge in [-0.25, -0.2) is 4.98 Å². The maximum absolute atomic E-state index is 8.85. The molecule has 2 heterocycles. The molecule has 0 atom stereocenters. The highest BCUT2D eigenvalue weighted by Gasteiger charge is 2.15. The molecule has 0 aliphatic carbocycles. The number of hydrogen-bond acceptors (Lipinski definition) is 4. The lowest BCUT2D eigenvalue weighted by molar-refractivity contribution is 0.478. The lowest BCUT2D eigenvalue weighted by atomic mass is 10.1. The van der Waals surface area contributed by atoms with Gasteiger partial charge < -0.3 is 10.6 Å². The van der Waals surface area contributed by atoms with Crippen LogP contribution in [0.2, 0.25) is 5.02 Å². The molecule has 1 aliphatic heterocycles. The minimum absolute atomic E-state index is 0.389. The summed E-state index contributed by atoms with van der Waals surface area (Å²) >= 11 is 6.07. The molecule has 0 unspecified atom stereocenters. The van der Waals surface area contributed by atoms with Gasteiger partial charge in [-0.2, -0.15) is 5.26 Å². The van der Waals surface area contributed by atoms with Crippen molar-refractivity contribution in [1.82, 2.24) is 10.3 Å². The van der Waals surface area contributed by atoms with Gasteiger partial charge in [-0.3, -0.25) is 0 Å². The first kappa shape index (κ1) is 11.2. The summed E-state index contributed by atoms with van der Waals surface area (Å²) < 4.78 is 0. The predicted octanol–water partition coefficient (Wildman–Crippen LogP) is 1.77. The Hall–Kier alpha value is -1.31. The molecule has 84 valence electrons. The number of nitrogens with zero attached hydrogens (tertiary/aromatic N) is 2. The van der Waals surface area contributed by atoms with Crippen LogP contribution < -0.4 is 10.6 Å². The van der Waals surface area contributed by atoms with E-state index in [0.717, 1.165) is 25.9 Å². The van der Waals surface area contributed by atoms with Gasteiger partial charge >= 0.3 is 0 Å². The molecule has 0 saturated carbocycles. The summed E-state index contributed by atoms with van der Waals surface area (Å²) in [6.07, 6.45) is 3.71. The van der Waals surface area contributed by atoms with Crippen molar-refractivity contribution in [2.24, 2.45) is 0 Å². The molecule has 1 aliphatic rings. The highest BCUT2D eigenvalue weighted by atomic mass is 35.5. The fourth-order valence-corrected chi connectivity index (χ4v) is 2.00. The van der Waals surface area contributed by atoms with Crippen molar-refractivity contribution in [3.05, 3.63) is 22.8 Å². The van der Waals surface area contributed by atoms with Crippen molar-refractivity contribution in [1.29, 1.82) is 5.26 Å². The van der Waals surface area contributed by atoms with Crippen LogP contribution in [0.1, 0.15) is 18.4 Å². The summed E-state index contributed by atoms with van der Waals surface area (Å²) in [6, 6.07) is 4.06. The Bertz CT molecular complexity index is 407. The Morgan fingerprint density at radius 1 is 1.50 bits per heavy atom. The maximum Gasteiger partial charge on any atom is 0.146 e. The first-order chi connectivity index (χ1) is 7.81. The summed E-state index contributed by atoms with van der Waals surface area (Å²) in [7, 11) is 0. The Balaban J connectivity index is 2.12. The average Bonchev–Trinajstić information content (AvgIpc) is 2.33. The number of hydrogen-bond donors (Lipinski definition) is 2. The minimum atomic E-state index is 0.389. The number of nitriles is 1. The van der Waals surface area contributed by atoms with Crippen LogP contribution in [0.25, 0.3) is 0 Å². The molecule has 1 aromatic rings. The van der Waals surface area contributed by atoms with E-state index in [2.05, 4.69) is 15.6 Å². The number of rotatable bonds is 2. The van der Waals surface area contributed by atoms with Crippen LogP contribution >= 0.6 is 11.6 Å². The zero-order valence-electron chi connectivity index (χ0n) is 8.83. The van der Waals surface area contributed by atoms with Crippen LogP contribution in [0.3, 0.4) is 0 Å². The highest BCUT2D eigenvalue weighted by Crippen LogP contribution is 2.24. The van der Waals surface area contributed by atoms with Crippen LogP contribution in [-0.2, 0) is 0 Å². The lowest BCUT2D eigenvalue weighted by Crippen LogP contribution is -2.35.